The first-order chi connectivity index (χ1) is 10.1. The normalized spacial score (nSPS) is 10.3. The number of ether oxygens (including phenoxy) is 2. The van der Waals surface area contributed by atoms with Gasteiger partial charge in [0.25, 0.3) is 0 Å². The molecule has 0 bridgehead atoms. The monoisotopic (exact) mass is 359 g/mol. The van der Waals surface area contributed by atoms with Crippen molar-refractivity contribution in [2.45, 2.75) is 6.54 Å². The summed E-state index contributed by atoms with van der Waals surface area (Å²) < 4.78 is 37.3. The van der Waals surface area contributed by atoms with Crippen molar-refractivity contribution in [3.05, 3.63) is 40.1 Å². The molecule has 0 spiro atoms. The third kappa shape index (κ3) is 3.38. The Hall–Kier alpha value is -1.96. The molecule has 2 aromatic rings. The largest absolute Gasteiger partial charge is 0.481 e. The lowest BCUT2D eigenvalue weighted by Crippen LogP contribution is -2.08. The first kappa shape index (κ1) is 15.4. The van der Waals surface area contributed by atoms with Crippen LogP contribution in [0.3, 0.4) is 0 Å². The second-order valence-corrected chi connectivity index (χ2v) is 4.82. The van der Waals surface area contributed by atoms with E-state index in [2.05, 4.69) is 31.2 Å². The van der Waals surface area contributed by atoms with Crippen molar-refractivity contribution in [3.63, 3.8) is 0 Å². The lowest BCUT2D eigenvalue weighted by atomic mass is 10.2. The molecule has 0 radical (unpaired) electrons. The third-order valence-electron chi connectivity index (χ3n) is 2.72. The molecule has 2 rings (SSSR count). The number of benzene rings is 1. The minimum absolute atomic E-state index is 0.135. The summed E-state index contributed by atoms with van der Waals surface area (Å²) in [7, 11) is 2.92. The standard InChI is InChI=1S/C13H12BrF2N3O2/c1-20-12-7(13(21-2)19-6-18-12)5-17-11-3-8(14)9(15)4-10(11)16/h3-4,6,17H,5H2,1-2H3. The Morgan fingerprint density at radius 1 is 1.10 bits per heavy atom. The van der Waals surface area contributed by atoms with E-state index < -0.39 is 11.6 Å². The Kier molecular flexibility index (Phi) is 4.89. The fourth-order valence-corrected chi connectivity index (χ4v) is 2.07. The predicted octanol–water partition coefficient (Wildman–Crippen LogP) is 3.15. The van der Waals surface area contributed by atoms with Gasteiger partial charge < -0.3 is 14.8 Å². The van der Waals surface area contributed by atoms with Gasteiger partial charge in [0.1, 0.15) is 18.0 Å². The molecule has 21 heavy (non-hydrogen) atoms. The molecule has 0 saturated heterocycles. The summed E-state index contributed by atoms with van der Waals surface area (Å²) in [4.78, 5) is 7.91. The highest BCUT2D eigenvalue weighted by Gasteiger charge is 2.14. The van der Waals surface area contributed by atoms with Crippen molar-refractivity contribution < 1.29 is 18.3 Å². The van der Waals surface area contributed by atoms with Gasteiger partial charge in [-0.1, -0.05) is 0 Å². The van der Waals surface area contributed by atoms with Crippen LogP contribution in [0.4, 0.5) is 14.5 Å². The van der Waals surface area contributed by atoms with Gasteiger partial charge >= 0.3 is 0 Å². The van der Waals surface area contributed by atoms with Crippen LogP contribution in [0.2, 0.25) is 0 Å². The molecule has 0 fully saturated rings. The van der Waals surface area contributed by atoms with Crippen LogP contribution in [-0.4, -0.2) is 24.2 Å². The van der Waals surface area contributed by atoms with Gasteiger partial charge in [0.05, 0.1) is 36.5 Å². The highest BCUT2D eigenvalue weighted by Crippen LogP contribution is 2.27. The van der Waals surface area contributed by atoms with Crippen LogP contribution in [0, 0.1) is 11.6 Å². The minimum atomic E-state index is -0.703. The SMILES string of the molecule is COc1ncnc(OC)c1CNc1cc(Br)c(F)cc1F. The second-order valence-electron chi connectivity index (χ2n) is 3.97. The number of anilines is 1. The maximum atomic E-state index is 13.7. The van der Waals surface area contributed by atoms with E-state index in [0.29, 0.717) is 17.3 Å². The van der Waals surface area contributed by atoms with Crippen LogP contribution in [0.1, 0.15) is 5.56 Å². The van der Waals surface area contributed by atoms with E-state index in [-0.39, 0.29) is 16.7 Å². The number of rotatable bonds is 5. The van der Waals surface area contributed by atoms with Crippen molar-refractivity contribution in [3.8, 4) is 11.8 Å². The molecule has 1 aromatic heterocycles. The van der Waals surface area contributed by atoms with Crippen molar-refractivity contribution in [1.82, 2.24) is 9.97 Å². The molecule has 0 aliphatic heterocycles. The van der Waals surface area contributed by atoms with E-state index in [0.717, 1.165) is 6.07 Å². The zero-order valence-electron chi connectivity index (χ0n) is 11.3. The minimum Gasteiger partial charge on any atom is -0.481 e. The third-order valence-corrected chi connectivity index (χ3v) is 3.33. The molecule has 0 atom stereocenters. The van der Waals surface area contributed by atoms with E-state index in [9.17, 15) is 8.78 Å². The van der Waals surface area contributed by atoms with E-state index in [4.69, 9.17) is 9.47 Å². The van der Waals surface area contributed by atoms with Gasteiger partial charge in [-0.2, -0.15) is 0 Å². The number of halogens is 3. The summed E-state index contributed by atoms with van der Waals surface area (Å²) >= 11 is 3.01. The fourth-order valence-electron chi connectivity index (χ4n) is 1.73. The Bertz CT molecular complexity index is 633. The van der Waals surface area contributed by atoms with Crippen LogP contribution in [0.5, 0.6) is 11.8 Å². The number of hydrogen-bond donors (Lipinski definition) is 1. The summed E-state index contributed by atoms with van der Waals surface area (Å²) in [6.45, 7) is 0.155. The van der Waals surface area contributed by atoms with Crippen molar-refractivity contribution in [2.24, 2.45) is 0 Å². The van der Waals surface area contributed by atoms with Crippen molar-refractivity contribution in [1.29, 1.82) is 0 Å². The summed E-state index contributed by atoms with van der Waals surface area (Å²) in [6, 6.07) is 2.11. The van der Waals surface area contributed by atoms with Crippen LogP contribution < -0.4 is 14.8 Å². The summed E-state index contributed by atoms with van der Waals surface area (Å²) in [5.74, 6) is -0.742. The fraction of sp³-hybridized carbons (Fsp3) is 0.231. The Morgan fingerprint density at radius 3 is 2.29 bits per heavy atom. The molecule has 0 amide bonds. The van der Waals surface area contributed by atoms with Crippen LogP contribution in [-0.2, 0) is 6.54 Å². The zero-order valence-corrected chi connectivity index (χ0v) is 12.9. The number of hydrogen-bond acceptors (Lipinski definition) is 5. The molecule has 0 unspecified atom stereocenters. The molecule has 1 aromatic carbocycles. The average molecular weight is 360 g/mol. The van der Waals surface area contributed by atoms with Gasteiger partial charge in [-0.15, -0.1) is 0 Å². The highest BCUT2D eigenvalue weighted by molar-refractivity contribution is 9.10. The van der Waals surface area contributed by atoms with Gasteiger partial charge in [-0.3, -0.25) is 0 Å². The summed E-state index contributed by atoms with van der Waals surface area (Å²) in [5.41, 5.74) is 0.665. The predicted molar refractivity (Wildman–Crippen MR) is 76.5 cm³/mol. The maximum Gasteiger partial charge on any atom is 0.225 e. The molecular formula is C13H12BrF2N3O2. The van der Waals surface area contributed by atoms with Gasteiger partial charge in [0.2, 0.25) is 11.8 Å². The molecular weight excluding hydrogens is 348 g/mol. The quantitative estimate of drug-likeness (QED) is 0.831. The van der Waals surface area contributed by atoms with Crippen molar-refractivity contribution in [2.75, 3.05) is 19.5 Å². The van der Waals surface area contributed by atoms with E-state index in [1.54, 1.807) is 0 Å². The van der Waals surface area contributed by atoms with Crippen LogP contribution >= 0.6 is 15.9 Å². The Balaban J connectivity index is 2.26. The van der Waals surface area contributed by atoms with Gasteiger partial charge in [-0.25, -0.2) is 18.7 Å². The molecule has 0 saturated carbocycles. The van der Waals surface area contributed by atoms with Crippen LogP contribution in [0.15, 0.2) is 22.9 Å². The smallest absolute Gasteiger partial charge is 0.225 e. The molecule has 5 nitrogen and oxygen atoms in total. The molecule has 112 valence electrons. The average Bonchev–Trinajstić information content (AvgIpc) is 2.49. The molecule has 1 N–H and O–H groups in total. The van der Waals surface area contributed by atoms with Crippen molar-refractivity contribution >= 4 is 21.6 Å². The molecule has 0 aliphatic carbocycles. The lowest BCUT2D eigenvalue weighted by molar-refractivity contribution is 0.363. The van der Waals surface area contributed by atoms with E-state index >= 15 is 0 Å². The lowest BCUT2D eigenvalue weighted by Gasteiger charge is -2.13. The first-order valence-electron chi connectivity index (χ1n) is 5.87. The summed E-state index contributed by atoms with van der Waals surface area (Å²) in [5, 5.41) is 2.84. The Labute approximate surface area is 128 Å². The first-order valence-corrected chi connectivity index (χ1v) is 6.66. The topological polar surface area (TPSA) is 56.3 Å². The number of aromatic nitrogens is 2. The van der Waals surface area contributed by atoms with E-state index in [1.165, 1.54) is 26.6 Å². The number of nitrogens with zero attached hydrogens (tertiary/aromatic N) is 2. The van der Waals surface area contributed by atoms with E-state index in [1.807, 2.05) is 0 Å². The number of nitrogens with one attached hydrogen (secondary N) is 1. The molecule has 8 heteroatoms. The maximum absolute atomic E-state index is 13.7. The molecule has 0 aliphatic rings. The summed E-state index contributed by atoms with van der Waals surface area (Å²) in [6.07, 6.45) is 1.30. The second kappa shape index (κ2) is 6.66. The Morgan fingerprint density at radius 2 is 1.71 bits per heavy atom. The van der Waals surface area contributed by atoms with Gasteiger partial charge in [0.15, 0.2) is 0 Å². The van der Waals surface area contributed by atoms with Crippen LogP contribution in [0.25, 0.3) is 0 Å². The molecule has 1 heterocycles. The van der Waals surface area contributed by atoms with Gasteiger partial charge in [0, 0.05) is 6.07 Å². The van der Waals surface area contributed by atoms with Gasteiger partial charge in [-0.05, 0) is 22.0 Å². The highest BCUT2D eigenvalue weighted by atomic mass is 79.9. The zero-order chi connectivity index (χ0) is 15.4. The number of methoxy groups -OCH3 is 2.